The van der Waals surface area contributed by atoms with Crippen molar-refractivity contribution in [2.45, 2.75) is 19.4 Å². The zero-order valence-electron chi connectivity index (χ0n) is 12.0. The molecule has 1 unspecified atom stereocenters. The number of aromatic nitrogens is 1. The van der Waals surface area contributed by atoms with E-state index in [0.717, 1.165) is 11.4 Å². The van der Waals surface area contributed by atoms with Gasteiger partial charge in [0.1, 0.15) is 10.8 Å². The monoisotopic (exact) mass is 320 g/mol. The summed E-state index contributed by atoms with van der Waals surface area (Å²) in [6.07, 6.45) is 2.43. The van der Waals surface area contributed by atoms with E-state index in [1.165, 1.54) is 17.4 Å². The number of aliphatic carboxylic acids is 1. The van der Waals surface area contributed by atoms with Gasteiger partial charge in [-0.25, -0.2) is 9.78 Å². The molecule has 0 saturated heterocycles. The van der Waals surface area contributed by atoms with Gasteiger partial charge in [-0.05, 0) is 24.6 Å². The van der Waals surface area contributed by atoms with E-state index in [0.29, 0.717) is 11.3 Å². The molecule has 0 fully saturated rings. The van der Waals surface area contributed by atoms with Crippen LogP contribution in [0.5, 0.6) is 5.75 Å². The maximum Gasteiger partial charge on any atom is 0.341 e. The van der Waals surface area contributed by atoms with E-state index in [1.807, 2.05) is 12.3 Å². The van der Waals surface area contributed by atoms with E-state index in [2.05, 4.69) is 10.3 Å². The lowest BCUT2D eigenvalue weighted by molar-refractivity contribution is -0.139. The molecule has 1 heterocycles. The van der Waals surface area contributed by atoms with E-state index in [-0.39, 0.29) is 11.9 Å². The Morgan fingerprint density at radius 1 is 1.45 bits per heavy atom. The molecule has 0 spiro atoms. The SMILES string of the molecule is CCC(NC(=O)c1cccc(OCC(=O)O)c1)c1nccs1. The number of hydrogen-bond acceptors (Lipinski definition) is 5. The van der Waals surface area contributed by atoms with Crippen LogP contribution >= 0.6 is 11.3 Å². The minimum atomic E-state index is -1.07. The predicted octanol–water partition coefficient (Wildman–Crippen LogP) is 2.49. The third-order valence-corrected chi connectivity index (χ3v) is 3.81. The Labute approximate surface area is 131 Å². The fourth-order valence-electron chi connectivity index (χ4n) is 1.86. The minimum absolute atomic E-state index is 0.143. The normalized spacial score (nSPS) is 11.7. The molecule has 2 rings (SSSR count). The zero-order chi connectivity index (χ0) is 15.9. The largest absolute Gasteiger partial charge is 0.482 e. The van der Waals surface area contributed by atoms with Gasteiger partial charge >= 0.3 is 5.97 Å². The molecule has 1 amide bonds. The van der Waals surface area contributed by atoms with Gasteiger partial charge < -0.3 is 15.2 Å². The molecule has 0 radical (unpaired) electrons. The molecular formula is C15H16N2O4S. The molecule has 2 aromatic rings. The summed E-state index contributed by atoms with van der Waals surface area (Å²) in [5.41, 5.74) is 0.415. The highest BCUT2D eigenvalue weighted by Crippen LogP contribution is 2.20. The first kappa shape index (κ1) is 16.0. The number of nitrogens with one attached hydrogen (secondary N) is 1. The minimum Gasteiger partial charge on any atom is -0.482 e. The molecule has 0 aliphatic rings. The smallest absolute Gasteiger partial charge is 0.341 e. The van der Waals surface area contributed by atoms with Gasteiger partial charge in [0, 0.05) is 17.1 Å². The summed E-state index contributed by atoms with van der Waals surface area (Å²) in [7, 11) is 0. The highest BCUT2D eigenvalue weighted by atomic mass is 32.1. The quantitative estimate of drug-likeness (QED) is 0.818. The molecule has 116 valence electrons. The Hall–Kier alpha value is -2.41. The Morgan fingerprint density at radius 2 is 2.27 bits per heavy atom. The summed E-state index contributed by atoms with van der Waals surface area (Å²) in [5, 5.41) is 14.2. The van der Waals surface area contributed by atoms with E-state index in [4.69, 9.17) is 9.84 Å². The van der Waals surface area contributed by atoms with E-state index in [9.17, 15) is 9.59 Å². The first-order chi connectivity index (χ1) is 10.6. The van der Waals surface area contributed by atoms with Gasteiger partial charge in [-0.15, -0.1) is 11.3 Å². The topological polar surface area (TPSA) is 88.5 Å². The summed E-state index contributed by atoms with van der Waals surface area (Å²) >= 11 is 1.49. The molecule has 0 bridgehead atoms. The molecule has 7 heteroatoms. The second-order valence-corrected chi connectivity index (χ2v) is 5.44. The second kappa shape index (κ2) is 7.56. The first-order valence-corrected chi connectivity index (χ1v) is 7.63. The Morgan fingerprint density at radius 3 is 2.91 bits per heavy atom. The average Bonchev–Trinajstić information content (AvgIpc) is 3.05. The highest BCUT2D eigenvalue weighted by molar-refractivity contribution is 7.09. The van der Waals surface area contributed by atoms with Crippen LogP contribution in [-0.4, -0.2) is 28.6 Å². The molecule has 0 aliphatic carbocycles. The first-order valence-electron chi connectivity index (χ1n) is 6.75. The third kappa shape index (κ3) is 4.29. The number of carboxylic acid groups (broad SMARTS) is 1. The number of thiazole rings is 1. The molecule has 0 aliphatic heterocycles. The van der Waals surface area contributed by atoms with Crippen LogP contribution in [0, 0.1) is 0 Å². The Kier molecular flexibility index (Phi) is 5.48. The van der Waals surface area contributed by atoms with Crippen LogP contribution in [0.1, 0.15) is 34.8 Å². The van der Waals surface area contributed by atoms with Gasteiger partial charge in [-0.3, -0.25) is 4.79 Å². The second-order valence-electron chi connectivity index (χ2n) is 4.51. The lowest BCUT2D eigenvalue weighted by atomic mass is 10.1. The number of benzene rings is 1. The Balaban J connectivity index is 2.05. The number of carboxylic acids is 1. The van der Waals surface area contributed by atoms with Crippen LogP contribution in [0.15, 0.2) is 35.8 Å². The third-order valence-electron chi connectivity index (χ3n) is 2.92. The molecule has 2 N–H and O–H groups in total. The van der Waals surface area contributed by atoms with Gasteiger partial charge in [0.15, 0.2) is 6.61 Å². The van der Waals surface area contributed by atoms with Crippen molar-refractivity contribution >= 4 is 23.2 Å². The lowest BCUT2D eigenvalue weighted by Gasteiger charge is -2.14. The Bertz CT molecular complexity index is 643. The summed E-state index contributed by atoms with van der Waals surface area (Å²) in [5.74, 6) is -0.968. The fourth-order valence-corrected chi connectivity index (χ4v) is 2.63. The number of carbonyl (C=O) groups excluding carboxylic acids is 1. The van der Waals surface area contributed by atoms with Crippen molar-refractivity contribution in [2.75, 3.05) is 6.61 Å². The molecular weight excluding hydrogens is 304 g/mol. The van der Waals surface area contributed by atoms with E-state index >= 15 is 0 Å². The summed E-state index contributed by atoms with van der Waals surface area (Å²) in [6, 6.07) is 6.29. The molecule has 22 heavy (non-hydrogen) atoms. The molecule has 1 atom stereocenters. The fraction of sp³-hybridized carbons (Fsp3) is 0.267. The maximum atomic E-state index is 12.3. The number of hydrogen-bond donors (Lipinski definition) is 2. The van der Waals surface area contributed by atoms with Crippen molar-refractivity contribution in [3.05, 3.63) is 46.4 Å². The summed E-state index contributed by atoms with van der Waals surface area (Å²) in [4.78, 5) is 27.0. The van der Waals surface area contributed by atoms with Crippen molar-refractivity contribution in [3.8, 4) is 5.75 Å². The zero-order valence-corrected chi connectivity index (χ0v) is 12.8. The predicted molar refractivity (Wildman–Crippen MR) is 82.2 cm³/mol. The molecule has 0 saturated carbocycles. The van der Waals surface area contributed by atoms with Crippen LogP contribution in [-0.2, 0) is 4.79 Å². The van der Waals surface area contributed by atoms with Crippen LogP contribution in [0.3, 0.4) is 0 Å². The highest BCUT2D eigenvalue weighted by Gasteiger charge is 2.16. The molecule has 1 aromatic heterocycles. The van der Waals surface area contributed by atoms with Gasteiger partial charge in [0.25, 0.3) is 5.91 Å². The number of ether oxygens (including phenoxy) is 1. The number of nitrogens with zero attached hydrogens (tertiary/aromatic N) is 1. The van der Waals surface area contributed by atoms with Crippen molar-refractivity contribution < 1.29 is 19.4 Å². The lowest BCUT2D eigenvalue weighted by Crippen LogP contribution is -2.28. The van der Waals surface area contributed by atoms with Crippen molar-refractivity contribution in [1.29, 1.82) is 0 Å². The van der Waals surface area contributed by atoms with E-state index < -0.39 is 12.6 Å². The number of amides is 1. The number of rotatable bonds is 7. The summed E-state index contributed by atoms with van der Waals surface area (Å²) < 4.78 is 5.07. The number of carbonyl (C=O) groups is 2. The van der Waals surface area contributed by atoms with Crippen molar-refractivity contribution in [3.63, 3.8) is 0 Å². The van der Waals surface area contributed by atoms with Crippen LogP contribution in [0.4, 0.5) is 0 Å². The van der Waals surface area contributed by atoms with Crippen molar-refractivity contribution in [1.82, 2.24) is 10.3 Å². The van der Waals surface area contributed by atoms with Gasteiger partial charge in [-0.1, -0.05) is 13.0 Å². The maximum absolute atomic E-state index is 12.3. The van der Waals surface area contributed by atoms with Crippen LogP contribution < -0.4 is 10.1 Å². The molecule has 1 aromatic carbocycles. The van der Waals surface area contributed by atoms with Crippen LogP contribution in [0.2, 0.25) is 0 Å². The van der Waals surface area contributed by atoms with Crippen LogP contribution in [0.25, 0.3) is 0 Å². The van der Waals surface area contributed by atoms with Gasteiger partial charge in [0.2, 0.25) is 0 Å². The van der Waals surface area contributed by atoms with E-state index in [1.54, 1.807) is 24.4 Å². The van der Waals surface area contributed by atoms with Crippen molar-refractivity contribution in [2.24, 2.45) is 0 Å². The molecule has 6 nitrogen and oxygen atoms in total. The average molecular weight is 320 g/mol. The summed E-state index contributed by atoms with van der Waals surface area (Å²) in [6.45, 7) is 1.53. The van der Waals surface area contributed by atoms with Gasteiger partial charge in [-0.2, -0.15) is 0 Å². The standard InChI is InChI=1S/C15H16N2O4S/c1-2-12(15-16-6-7-22-15)17-14(20)10-4-3-5-11(8-10)21-9-13(18)19/h3-8,12H,2,9H2,1H3,(H,17,20)(H,18,19). The van der Waals surface area contributed by atoms with Gasteiger partial charge in [0.05, 0.1) is 6.04 Å².